The van der Waals surface area contributed by atoms with Gasteiger partial charge in [-0.3, -0.25) is 9.18 Å². The van der Waals surface area contributed by atoms with Gasteiger partial charge in [-0.1, -0.05) is 124 Å². The lowest BCUT2D eigenvalue weighted by molar-refractivity contribution is -0.161. The van der Waals surface area contributed by atoms with Gasteiger partial charge in [0.25, 0.3) is 0 Å². The SMILES string of the molecule is COc1ccc(COC(=O)C(N2C(=O)[C@H]([C@@H](C)O[Si](C)(C)C(C)(C)C)[C@H]2[C@@H](CF)[C@H]2CO2)=P(c2ccccc2)(c2ccccc2)c2ccccc2)cc1. The molecule has 0 spiro atoms. The monoisotopic (exact) mass is 755 g/mol. The molecule has 280 valence electrons. The molecular weight excluding hydrogens is 705 g/mol. The van der Waals surface area contributed by atoms with Crippen molar-refractivity contribution in [1.82, 2.24) is 4.90 Å². The summed E-state index contributed by atoms with van der Waals surface area (Å²) in [6.45, 7) is 9.14. The Morgan fingerprint density at radius 2 is 1.38 bits per heavy atom. The van der Waals surface area contributed by atoms with E-state index in [1.807, 2.05) is 122 Å². The summed E-state index contributed by atoms with van der Waals surface area (Å²) < 4.78 is 39.7. The number of ether oxygens (including phenoxy) is 3. The van der Waals surface area contributed by atoms with Crippen molar-refractivity contribution >= 4 is 48.4 Å². The Morgan fingerprint density at radius 1 is 0.887 bits per heavy atom. The number of nitrogens with zero attached hydrogens (tertiary/aromatic N) is 1. The highest BCUT2D eigenvalue weighted by molar-refractivity contribution is 7.96. The van der Waals surface area contributed by atoms with E-state index in [-0.39, 0.29) is 29.1 Å². The summed E-state index contributed by atoms with van der Waals surface area (Å²) in [6.07, 6.45) is -0.899. The highest BCUT2D eigenvalue weighted by Gasteiger charge is 2.61. The van der Waals surface area contributed by atoms with Crippen LogP contribution in [-0.2, 0) is 30.1 Å². The maximum Gasteiger partial charge on any atom is 0.356 e. The molecule has 53 heavy (non-hydrogen) atoms. The number of carbonyl (C=O) groups excluding carboxylic acids is 2. The van der Waals surface area contributed by atoms with E-state index in [0.29, 0.717) is 12.4 Å². The van der Waals surface area contributed by atoms with Crippen molar-refractivity contribution in [3.05, 3.63) is 121 Å². The first-order valence-corrected chi connectivity index (χ1v) is 23.0. The van der Waals surface area contributed by atoms with Gasteiger partial charge in [-0.15, -0.1) is 0 Å². The molecular formula is C43H51FNO6PSi. The highest BCUT2D eigenvalue weighted by atomic mass is 31.2. The normalized spacial score (nSPS) is 19.9. The number of carbonyl (C=O) groups is 2. The molecule has 1 amide bonds. The largest absolute Gasteiger partial charge is 0.497 e. The van der Waals surface area contributed by atoms with Crippen molar-refractivity contribution < 1.29 is 32.6 Å². The molecule has 2 fully saturated rings. The molecule has 0 bridgehead atoms. The minimum absolute atomic E-state index is 0.0377. The van der Waals surface area contributed by atoms with Crippen molar-refractivity contribution in [1.29, 1.82) is 0 Å². The third-order valence-electron chi connectivity index (χ3n) is 11.1. The highest BCUT2D eigenvalue weighted by Crippen LogP contribution is 2.52. The summed E-state index contributed by atoms with van der Waals surface area (Å²) in [4.78, 5) is 32.0. The molecule has 4 aromatic rings. The van der Waals surface area contributed by atoms with Gasteiger partial charge in [-0.05, 0) is 58.7 Å². The summed E-state index contributed by atoms with van der Waals surface area (Å²) in [5.41, 5.74) is 0.981. The van der Waals surface area contributed by atoms with Crippen LogP contribution >= 0.6 is 6.89 Å². The number of methoxy groups -OCH3 is 1. The Hall–Kier alpha value is -4.01. The van der Waals surface area contributed by atoms with Gasteiger partial charge in [-0.2, -0.15) is 0 Å². The van der Waals surface area contributed by atoms with E-state index < -0.39 is 51.8 Å². The number of hydrogen-bond donors (Lipinski definition) is 0. The van der Waals surface area contributed by atoms with Crippen molar-refractivity contribution in [2.45, 2.75) is 70.7 Å². The second-order valence-electron chi connectivity index (χ2n) is 15.4. The molecule has 2 aliphatic rings. The van der Waals surface area contributed by atoms with Gasteiger partial charge >= 0.3 is 5.97 Å². The zero-order valence-corrected chi connectivity index (χ0v) is 33.6. The fraction of sp³-hybridized carbons (Fsp3) is 0.372. The standard InChI is InChI=1S/C43H51FNO6PSi/c1-30(51-53(6,7)43(2,3)4)38-39(36(27-44)37-29-49-37)45(40(38)46)41(42(47)50-28-31-23-25-32(48-5)26-24-31)52(33-17-11-8-12-18-33,34-19-13-9-14-20-34)35-21-15-10-16-22-35/h8-26,30,36-39H,27-29H2,1-7H3/t30-,36+,37-,38-,39-/m1/s1. The van der Waals surface area contributed by atoms with Crippen molar-refractivity contribution in [3.8, 4) is 5.75 Å². The lowest BCUT2D eigenvalue weighted by Crippen LogP contribution is -2.72. The zero-order chi connectivity index (χ0) is 38.0. The summed E-state index contributed by atoms with van der Waals surface area (Å²) >= 11 is 0. The number of alkyl halides is 1. The van der Waals surface area contributed by atoms with E-state index in [9.17, 15) is 0 Å². The lowest BCUT2D eigenvalue weighted by Gasteiger charge is -2.54. The molecule has 0 aromatic heterocycles. The molecule has 0 aliphatic carbocycles. The van der Waals surface area contributed by atoms with Crippen molar-refractivity contribution in [2.75, 3.05) is 20.4 Å². The Labute approximate surface area is 314 Å². The Morgan fingerprint density at radius 3 is 1.79 bits per heavy atom. The fourth-order valence-corrected chi connectivity index (χ4v) is 13.1. The summed E-state index contributed by atoms with van der Waals surface area (Å²) in [5, 5.41) is 2.50. The van der Waals surface area contributed by atoms with Gasteiger partial charge in [0.15, 0.2) is 8.32 Å². The van der Waals surface area contributed by atoms with E-state index >= 15 is 14.0 Å². The Kier molecular flexibility index (Phi) is 11.5. The van der Waals surface area contributed by atoms with Crippen LogP contribution < -0.4 is 20.7 Å². The van der Waals surface area contributed by atoms with Gasteiger partial charge in [0.05, 0.1) is 44.6 Å². The van der Waals surface area contributed by atoms with E-state index in [2.05, 4.69) is 33.9 Å². The summed E-state index contributed by atoms with van der Waals surface area (Å²) in [6, 6.07) is 36.2. The van der Waals surface area contributed by atoms with Crippen LogP contribution in [0.3, 0.4) is 0 Å². The third kappa shape index (κ3) is 7.54. The van der Waals surface area contributed by atoms with Crippen molar-refractivity contribution in [3.63, 3.8) is 0 Å². The molecule has 10 heteroatoms. The van der Waals surface area contributed by atoms with Crippen molar-refractivity contribution in [2.24, 2.45) is 11.8 Å². The molecule has 0 N–H and O–H groups in total. The molecule has 7 nitrogen and oxygen atoms in total. The van der Waals surface area contributed by atoms with Crippen LogP contribution in [0.4, 0.5) is 4.39 Å². The van der Waals surface area contributed by atoms with E-state index in [1.165, 1.54) is 0 Å². The zero-order valence-electron chi connectivity index (χ0n) is 31.7. The smallest absolute Gasteiger partial charge is 0.356 e. The Bertz CT molecular complexity index is 1830. The van der Waals surface area contributed by atoms with Crippen LogP contribution in [-0.4, -0.2) is 69.2 Å². The fourth-order valence-electron chi connectivity index (χ4n) is 7.24. The van der Waals surface area contributed by atoms with Gasteiger partial charge in [0.2, 0.25) is 5.91 Å². The van der Waals surface area contributed by atoms with Crippen LogP contribution in [0.1, 0.15) is 33.3 Å². The van der Waals surface area contributed by atoms with Crippen LogP contribution in [0, 0.1) is 11.8 Å². The number of β-lactam (4-membered cyclic amide) rings is 1. The molecule has 0 unspecified atom stereocenters. The minimum atomic E-state index is -3.20. The first-order chi connectivity index (χ1) is 25.3. The number of amides is 1. The number of epoxide rings is 1. The second-order valence-corrected chi connectivity index (χ2v) is 23.5. The molecule has 2 saturated heterocycles. The van der Waals surface area contributed by atoms with E-state index in [4.69, 9.17) is 18.6 Å². The number of benzene rings is 4. The average molecular weight is 756 g/mol. The molecule has 5 atom stereocenters. The first kappa shape index (κ1) is 38.7. The molecule has 0 saturated carbocycles. The lowest BCUT2D eigenvalue weighted by atomic mass is 9.75. The topological polar surface area (TPSA) is 77.6 Å². The van der Waals surface area contributed by atoms with Gasteiger partial charge in [0, 0.05) is 12.8 Å². The van der Waals surface area contributed by atoms with Gasteiger partial charge in [0.1, 0.15) is 17.8 Å². The van der Waals surface area contributed by atoms with Crippen LogP contribution in [0.2, 0.25) is 18.1 Å². The maximum absolute atomic E-state index is 15.5. The second kappa shape index (κ2) is 15.8. The van der Waals surface area contributed by atoms with E-state index in [1.54, 1.807) is 12.0 Å². The minimum Gasteiger partial charge on any atom is -0.497 e. The molecule has 4 aromatic carbocycles. The van der Waals surface area contributed by atoms with Crippen LogP contribution in [0.15, 0.2) is 115 Å². The molecule has 6 rings (SSSR count). The van der Waals surface area contributed by atoms with E-state index in [0.717, 1.165) is 21.5 Å². The van der Waals surface area contributed by atoms with Crippen LogP contribution in [0.5, 0.6) is 5.75 Å². The van der Waals surface area contributed by atoms with Gasteiger partial charge < -0.3 is 23.5 Å². The number of esters is 1. The Balaban J connectivity index is 1.62. The number of hydrogen-bond acceptors (Lipinski definition) is 6. The third-order valence-corrected chi connectivity index (χ3v) is 19.9. The number of rotatable bonds is 14. The average Bonchev–Trinajstić information content (AvgIpc) is 4.00. The first-order valence-electron chi connectivity index (χ1n) is 18.3. The maximum atomic E-state index is 15.5. The van der Waals surface area contributed by atoms with Gasteiger partial charge in [-0.25, -0.2) is 4.79 Å². The summed E-state index contributed by atoms with van der Waals surface area (Å²) in [7, 11) is -0.751. The summed E-state index contributed by atoms with van der Waals surface area (Å²) in [5.74, 6) is -1.58. The van der Waals surface area contributed by atoms with Crippen LogP contribution in [0.25, 0.3) is 0 Å². The molecule has 2 aliphatic heterocycles. The number of halogens is 1. The molecule has 2 heterocycles. The molecule has 0 radical (unpaired) electrons. The quantitative estimate of drug-likeness (QED) is 0.0450. The predicted octanol–water partition coefficient (Wildman–Crippen LogP) is 7.08. The number of likely N-dealkylation sites (tertiary alicyclic amines) is 1. The predicted molar refractivity (Wildman–Crippen MR) is 214 cm³/mol.